The maximum absolute atomic E-state index is 10.9. The van der Waals surface area contributed by atoms with Crippen molar-refractivity contribution in [3.05, 3.63) is 97.1 Å². The number of methoxy groups -OCH3 is 2. The first-order valence-corrected chi connectivity index (χ1v) is 16.1. The van der Waals surface area contributed by atoms with Crippen LogP contribution in [-0.2, 0) is 9.59 Å². The fourth-order valence-electron chi connectivity index (χ4n) is 4.47. The van der Waals surface area contributed by atoms with Gasteiger partial charge in [-0.05, 0) is 35.4 Å². The average Bonchev–Trinajstić information content (AvgIpc) is 3.85. The summed E-state index contributed by atoms with van der Waals surface area (Å²) in [7, 11) is 18.2. The fourth-order valence-corrected chi connectivity index (χ4v) is 4.47. The highest BCUT2D eigenvalue weighted by Crippen LogP contribution is 2.25. The van der Waals surface area contributed by atoms with Crippen LogP contribution in [0.2, 0.25) is 0 Å². The third-order valence-corrected chi connectivity index (χ3v) is 7.26. The van der Waals surface area contributed by atoms with Gasteiger partial charge in [0.25, 0.3) is 0 Å². The van der Waals surface area contributed by atoms with Crippen molar-refractivity contribution in [3.63, 3.8) is 0 Å². The van der Waals surface area contributed by atoms with Crippen molar-refractivity contribution in [2.45, 2.75) is 24.9 Å². The summed E-state index contributed by atoms with van der Waals surface area (Å²) in [5.74, 6) is 0.832. The molecule has 2 aromatic carbocycles. The molecule has 0 saturated carbocycles. The predicted molar refractivity (Wildman–Crippen MR) is 199 cm³/mol. The van der Waals surface area contributed by atoms with E-state index in [4.69, 9.17) is 25.7 Å². The first kappa shape index (κ1) is 44.0. The van der Waals surface area contributed by atoms with Gasteiger partial charge in [-0.2, -0.15) is 0 Å². The van der Waals surface area contributed by atoms with Crippen molar-refractivity contribution in [3.8, 4) is 11.5 Å². The molecule has 0 aliphatic carbocycles. The topological polar surface area (TPSA) is 194 Å². The van der Waals surface area contributed by atoms with Gasteiger partial charge in [-0.15, -0.1) is 0 Å². The van der Waals surface area contributed by atoms with E-state index in [9.17, 15) is 14.7 Å². The van der Waals surface area contributed by atoms with Crippen molar-refractivity contribution in [2.75, 3.05) is 70.6 Å². The maximum atomic E-state index is 10.9. The van der Waals surface area contributed by atoms with Crippen molar-refractivity contribution in [1.82, 2.24) is 33.8 Å². The second-order valence-electron chi connectivity index (χ2n) is 12.0. The second-order valence-corrected chi connectivity index (χ2v) is 12.0. The third-order valence-electron chi connectivity index (χ3n) is 7.26. The second kappa shape index (κ2) is 22.6. The highest BCUT2D eigenvalue weighted by molar-refractivity contribution is 5.75. The van der Waals surface area contributed by atoms with E-state index in [0.29, 0.717) is 5.96 Å². The van der Waals surface area contributed by atoms with Crippen molar-refractivity contribution in [1.29, 1.82) is 5.41 Å². The molecule has 4 N–H and O–H groups in total. The quantitative estimate of drug-likeness (QED) is 0.122. The number of ether oxygens (including phenoxy) is 2. The molecule has 4 aromatic rings. The third kappa shape index (κ3) is 15.7. The van der Waals surface area contributed by atoms with E-state index >= 15 is 0 Å². The lowest BCUT2D eigenvalue weighted by molar-refractivity contribution is -0.470. The number of benzene rings is 2. The number of hydrogen-bond acceptors (Lipinski definition) is 8. The molecule has 52 heavy (non-hydrogen) atoms. The van der Waals surface area contributed by atoms with E-state index < -0.39 is 11.9 Å². The normalized spacial score (nSPS) is 11.0. The molecule has 2 aromatic heterocycles. The molecule has 4 rings (SSSR count). The molecule has 0 fully saturated rings. The fraction of sp³-hybridized carbons (Fsp3) is 0.389. The zero-order valence-corrected chi connectivity index (χ0v) is 31.8. The molecule has 0 bridgehead atoms. The summed E-state index contributed by atoms with van der Waals surface area (Å²) < 4.78 is 15.6. The Balaban J connectivity index is 0.000000373. The molecule has 2 unspecified atom stereocenters. The summed E-state index contributed by atoms with van der Waals surface area (Å²) in [6.45, 7) is 0. The largest absolute Gasteiger partial charge is 0.550 e. The summed E-state index contributed by atoms with van der Waals surface area (Å²) in [5.41, 5.74) is 7.31. The summed E-state index contributed by atoms with van der Waals surface area (Å²) in [6.07, 6.45) is 9.89. The van der Waals surface area contributed by atoms with Gasteiger partial charge in [0.1, 0.15) is 11.5 Å². The number of carboxylic acids is 2. The van der Waals surface area contributed by atoms with Crippen LogP contribution < -0.4 is 20.3 Å². The Labute approximate surface area is 306 Å². The standard InChI is InChI=1S/2C13H14N2O3.2C5H13N3/c2*1-18-11-4-2-10(3-5-11)12(8-13(16)17)15-7-6-14-9-15;2*1-7(2)5(6)8(3)4/h2*2-7,9,12H,8H2,1H3,(H,16,17);2*6H,1-4H3. The molecule has 2 atom stereocenters. The van der Waals surface area contributed by atoms with E-state index in [-0.39, 0.29) is 24.9 Å². The summed E-state index contributed by atoms with van der Waals surface area (Å²) in [6, 6.07) is 14.1. The maximum Gasteiger partial charge on any atom is 0.344 e. The minimum atomic E-state index is -1.09. The van der Waals surface area contributed by atoms with E-state index in [1.165, 1.54) is 0 Å². The van der Waals surface area contributed by atoms with Crippen LogP contribution in [0.5, 0.6) is 11.5 Å². The molecule has 0 amide bonds. The molecule has 284 valence electrons. The van der Waals surface area contributed by atoms with E-state index in [0.717, 1.165) is 28.6 Å². The minimum Gasteiger partial charge on any atom is -0.550 e. The first-order chi connectivity index (χ1) is 24.5. The van der Waals surface area contributed by atoms with Gasteiger partial charge in [0.2, 0.25) is 0 Å². The van der Waals surface area contributed by atoms with Gasteiger partial charge >= 0.3 is 11.9 Å². The van der Waals surface area contributed by atoms with Gasteiger partial charge in [-0.1, -0.05) is 24.3 Å². The highest BCUT2D eigenvalue weighted by Gasteiger charge is 2.17. The highest BCUT2D eigenvalue weighted by atomic mass is 16.5. The Bertz CT molecular complexity index is 1530. The van der Waals surface area contributed by atoms with Crippen LogP contribution in [0.4, 0.5) is 0 Å². The number of carbonyl (C=O) groups is 2. The number of carboxylic acid groups (broad SMARTS) is 2. The van der Waals surface area contributed by atoms with Crippen LogP contribution in [0.1, 0.15) is 36.1 Å². The molecular weight excluding hydrogens is 668 g/mol. The van der Waals surface area contributed by atoms with Gasteiger partial charge in [0, 0.05) is 65.4 Å². The summed E-state index contributed by atoms with van der Waals surface area (Å²) in [5, 5.41) is 27.1. The minimum absolute atomic E-state index is 0.0166. The summed E-state index contributed by atoms with van der Waals surface area (Å²) >= 11 is 0. The lowest BCUT2D eigenvalue weighted by atomic mass is 10.0. The average molecular weight is 723 g/mol. The molecule has 0 radical (unpaired) electrons. The Morgan fingerprint density at radius 1 is 0.788 bits per heavy atom. The smallest absolute Gasteiger partial charge is 0.344 e. The number of aromatic nitrogens is 4. The molecular formula is C36H54N10O6. The predicted octanol–water partition coefficient (Wildman–Crippen LogP) is 1.76. The van der Waals surface area contributed by atoms with Crippen molar-refractivity contribution in [2.24, 2.45) is 5.73 Å². The Morgan fingerprint density at radius 3 is 1.38 bits per heavy atom. The number of hydrogen-bond donors (Lipinski definition) is 3. The molecule has 0 aliphatic heterocycles. The number of nitrogens with one attached hydrogen (secondary N) is 1. The number of aliphatic carboxylic acids is 2. The van der Waals surface area contributed by atoms with Crippen molar-refractivity contribution >= 4 is 23.9 Å². The van der Waals surface area contributed by atoms with E-state index in [2.05, 4.69) is 9.97 Å². The molecule has 0 aliphatic rings. The molecule has 16 nitrogen and oxygen atoms in total. The monoisotopic (exact) mass is 722 g/mol. The Hall–Kier alpha value is -6.06. The number of rotatable bonds is 10. The van der Waals surface area contributed by atoms with E-state index in [1.807, 2.05) is 102 Å². The number of imidazole rings is 2. The van der Waals surface area contributed by atoms with Gasteiger partial charge in [0.05, 0.1) is 73.6 Å². The zero-order valence-electron chi connectivity index (χ0n) is 31.8. The molecule has 0 saturated heterocycles. The number of nitrogens with two attached hydrogens (primary N) is 1. The number of guanidine groups is 2. The summed E-state index contributed by atoms with van der Waals surface area (Å²) in [4.78, 5) is 35.0. The van der Waals surface area contributed by atoms with Crippen LogP contribution in [0, 0.1) is 5.41 Å². The van der Waals surface area contributed by atoms with Gasteiger partial charge in [-0.25, -0.2) is 9.97 Å². The molecule has 2 heterocycles. The van der Waals surface area contributed by atoms with Crippen LogP contribution in [0.25, 0.3) is 0 Å². The number of carbonyl (C=O) groups excluding carboxylic acids is 1. The zero-order chi connectivity index (χ0) is 39.4. The first-order valence-electron chi connectivity index (χ1n) is 16.1. The number of nitrogens with zero attached hydrogens (tertiary/aromatic N) is 8. The van der Waals surface area contributed by atoms with Crippen LogP contribution in [0.3, 0.4) is 0 Å². The Morgan fingerprint density at radius 2 is 1.17 bits per heavy atom. The SMILES string of the molecule is CN(C)C(=N)N(C)C.CN(C)C(N)=[N+](C)C.COc1ccc(C(CC(=O)O)n2ccnc2)cc1.COc1ccc(C(CC(=O)[O-])n2ccnc2)cc1. The molecule has 0 spiro atoms. The van der Waals surface area contributed by atoms with Gasteiger partial charge in [-0.3, -0.25) is 25.4 Å². The Kier molecular flexibility index (Phi) is 19.1. The van der Waals surface area contributed by atoms with E-state index in [1.54, 1.807) is 82.7 Å². The van der Waals surface area contributed by atoms with Crippen molar-refractivity contribution < 1.29 is 33.9 Å². The lowest BCUT2D eigenvalue weighted by Crippen LogP contribution is -2.36. The van der Waals surface area contributed by atoms with Gasteiger partial charge in [0.15, 0.2) is 5.96 Å². The lowest BCUT2D eigenvalue weighted by Gasteiger charge is -2.19. The van der Waals surface area contributed by atoms with Gasteiger partial charge < -0.3 is 43.4 Å². The van der Waals surface area contributed by atoms with Crippen LogP contribution in [0.15, 0.2) is 86.0 Å². The van der Waals surface area contributed by atoms with Crippen LogP contribution >= 0.6 is 0 Å². The molecule has 16 heteroatoms. The van der Waals surface area contributed by atoms with Crippen LogP contribution in [-0.4, -0.2) is 138 Å².